The molecule has 0 saturated heterocycles. The number of carbonyl (C=O) groups is 2. The SMILES string of the molecule is Cc1c(Cl)cccc1NC(=O)CC1Sc2ccc(C(F)(F)F)cc2NC1=O. The van der Waals surface area contributed by atoms with Crippen molar-refractivity contribution in [2.24, 2.45) is 0 Å². The minimum absolute atomic E-state index is 0.0992. The molecule has 0 aliphatic carbocycles. The fourth-order valence-corrected chi connectivity index (χ4v) is 3.84. The molecule has 27 heavy (non-hydrogen) atoms. The molecule has 0 radical (unpaired) electrons. The minimum atomic E-state index is -4.49. The molecule has 0 bridgehead atoms. The van der Waals surface area contributed by atoms with E-state index in [9.17, 15) is 22.8 Å². The summed E-state index contributed by atoms with van der Waals surface area (Å²) >= 11 is 7.08. The van der Waals surface area contributed by atoms with E-state index in [2.05, 4.69) is 10.6 Å². The third-order valence-corrected chi connectivity index (χ3v) is 5.72. The molecule has 2 aromatic carbocycles. The maximum atomic E-state index is 12.8. The molecule has 142 valence electrons. The van der Waals surface area contributed by atoms with Gasteiger partial charge >= 0.3 is 6.18 Å². The van der Waals surface area contributed by atoms with Gasteiger partial charge in [-0.2, -0.15) is 13.2 Å². The Morgan fingerprint density at radius 3 is 2.74 bits per heavy atom. The smallest absolute Gasteiger partial charge is 0.326 e. The van der Waals surface area contributed by atoms with Crippen molar-refractivity contribution >= 4 is 46.6 Å². The summed E-state index contributed by atoms with van der Waals surface area (Å²) in [5, 5.41) is 4.92. The van der Waals surface area contributed by atoms with Crippen LogP contribution in [0.25, 0.3) is 0 Å². The van der Waals surface area contributed by atoms with E-state index in [-0.39, 0.29) is 18.0 Å². The van der Waals surface area contributed by atoms with Crippen LogP contribution in [0.5, 0.6) is 0 Å². The number of hydrogen-bond donors (Lipinski definition) is 2. The molecular weight excluding hydrogens is 401 g/mol. The molecule has 2 amide bonds. The fraction of sp³-hybridized carbons (Fsp3) is 0.222. The number of thioether (sulfide) groups is 1. The molecule has 4 nitrogen and oxygen atoms in total. The van der Waals surface area contributed by atoms with Gasteiger partial charge in [0, 0.05) is 22.0 Å². The van der Waals surface area contributed by atoms with E-state index in [1.54, 1.807) is 25.1 Å². The first-order chi connectivity index (χ1) is 12.6. The van der Waals surface area contributed by atoms with Crippen LogP contribution in [0.4, 0.5) is 24.5 Å². The van der Waals surface area contributed by atoms with Crippen molar-refractivity contribution in [3.63, 3.8) is 0 Å². The van der Waals surface area contributed by atoms with Crippen LogP contribution in [0.15, 0.2) is 41.3 Å². The molecule has 9 heteroatoms. The number of hydrogen-bond acceptors (Lipinski definition) is 3. The predicted octanol–water partition coefficient (Wildman–Crippen LogP) is 5.11. The quantitative estimate of drug-likeness (QED) is 0.733. The van der Waals surface area contributed by atoms with Gasteiger partial charge in [0.1, 0.15) is 0 Å². The van der Waals surface area contributed by atoms with E-state index in [0.29, 0.717) is 21.2 Å². The summed E-state index contributed by atoms with van der Waals surface area (Å²) in [5.41, 5.74) is 0.513. The topological polar surface area (TPSA) is 58.2 Å². The average Bonchev–Trinajstić information content (AvgIpc) is 2.58. The van der Waals surface area contributed by atoms with Crippen LogP contribution in [0.1, 0.15) is 17.5 Å². The molecule has 1 atom stereocenters. The third-order valence-electron chi connectivity index (χ3n) is 4.04. The second-order valence-electron chi connectivity index (χ2n) is 5.97. The third kappa shape index (κ3) is 4.39. The van der Waals surface area contributed by atoms with Crippen LogP contribution < -0.4 is 10.6 Å². The van der Waals surface area contributed by atoms with Crippen LogP contribution in [0, 0.1) is 6.92 Å². The lowest BCUT2D eigenvalue weighted by molar-refractivity contribution is -0.137. The molecule has 0 saturated carbocycles. The molecule has 2 N–H and O–H groups in total. The predicted molar refractivity (Wildman–Crippen MR) is 99.2 cm³/mol. The van der Waals surface area contributed by atoms with Gasteiger partial charge in [0.05, 0.1) is 16.5 Å². The largest absolute Gasteiger partial charge is 0.416 e. The molecule has 0 fully saturated rings. The first-order valence-corrected chi connectivity index (χ1v) is 9.14. The first-order valence-electron chi connectivity index (χ1n) is 7.89. The average molecular weight is 415 g/mol. The Morgan fingerprint density at radius 1 is 1.30 bits per heavy atom. The van der Waals surface area contributed by atoms with Gasteiger partial charge in [0.25, 0.3) is 0 Å². The van der Waals surface area contributed by atoms with Gasteiger partial charge in [-0.1, -0.05) is 17.7 Å². The van der Waals surface area contributed by atoms with Crippen molar-refractivity contribution < 1.29 is 22.8 Å². The number of rotatable bonds is 3. The van der Waals surface area contributed by atoms with E-state index in [4.69, 9.17) is 11.6 Å². The van der Waals surface area contributed by atoms with Gasteiger partial charge in [-0.25, -0.2) is 0 Å². The van der Waals surface area contributed by atoms with Crippen LogP contribution in [0.3, 0.4) is 0 Å². The summed E-state index contributed by atoms with van der Waals surface area (Å²) in [6, 6.07) is 8.24. The molecular formula is C18H14ClF3N2O2S. The highest BCUT2D eigenvalue weighted by molar-refractivity contribution is 8.01. The number of fused-ring (bicyclic) bond motifs is 1. The van der Waals surface area contributed by atoms with Crippen molar-refractivity contribution in [2.75, 3.05) is 10.6 Å². The van der Waals surface area contributed by atoms with E-state index < -0.39 is 22.9 Å². The lowest BCUT2D eigenvalue weighted by atomic mass is 10.1. The highest BCUT2D eigenvalue weighted by Gasteiger charge is 2.34. The Morgan fingerprint density at radius 2 is 2.04 bits per heavy atom. The van der Waals surface area contributed by atoms with Crippen molar-refractivity contribution in [3.05, 3.63) is 52.5 Å². The van der Waals surface area contributed by atoms with Crippen molar-refractivity contribution in [1.29, 1.82) is 0 Å². The molecule has 1 unspecified atom stereocenters. The zero-order valence-corrected chi connectivity index (χ0v) is 15.6. The number of amides is 2. The van der Waals surface area contributed by atoms with Crippen LogP contribution >= 0.6 is 23.4 Å². The number of carbonyl (C=O) groups excluding carboxylic acids is 2. The number of benzene rings is 2. The van der Waals surface area contributed by atoms with Crippen LogP contribution in [-0.4, -0.2) is 17.1 Å². The monoisotopic (exact) mass is 414 g/mol. The summed E-state index contributed by atoms with van der Waals surface area (Å²) in [6.07, 6.45) is -4.61. The molecule has 1 aliphatic heterocycles. The summed E-state index contributed by atoms with van der Waals surface area (Å²) in [5.74, 6) is -0.895. The lowest BCUT2D eigenvalue weighted by Crippen LogP contribution is -2.32. The van der Waals surface area contributed by atoms with Crippen molar-refractivity contribution in [1.82, 2.24) is 0 Å². The van der Waals surface area contributed by atoms with Crippen LogP contribution in [-0.2, 0) is 15.8 Å². The molecule has 2 aromatic rings. The summed E-state index contributed by atoms with van der Waals surface area (Å²) < 4.78 is 38.4. The Bertz CT molecular complexity index is 918. The van der Waals surface area contributed by atoms with Gasteiger partial charge in [0.15, 0.2) is 0 Å². The normalized spacial score (nSPS) is 16.5. The molecule has 3 rings (SSSR count). The van der Waals surface area contributed by atoms with Gasteiger partial charge < -0.3 is 10.6 Å². The van der Waals surface area contributed by atoms with Gasteiger partial charge in [-0.3, -0.25) is 9.59 Å². The molecule has 1 heterocycles. The summed E-state index contributed by atoms with van der Waals surface area (Å²) in [6.45, 7) is 1.76. The Kier molecular flexibility index (Phi) is 5.39. The van der Waals surface area contributed by atoms with Crippen LogP contribution in [0.2, 0.25) is 5.02 Å². The number of anilines is 2. The molecule has 0 aromatic heterocycles. The highest BCUT2D eigenvalue weighted by atomic mass is 35.5. The van der Waals surface area contributed by atoms with E-state index in [1.165, 1.54) is 6.07 Å². The number of alkyl halides is 3. The van der Waals surface area contributed by atoms with E-state index in [0.717, 1.165) is 23.9 Å². The maximum absolute atomic E-state index is 12.8. The molecule has 1 aliphatic rings. The summed E-state index contributed by atoms with van der Waals surface area (Å²) in [4.78, 5) is 25.0. The summed E-state index contributed by atoms with van der Waals surface area (Å²) in [7, 11) is 0. The lowest BCUT2D eigenvalue weighted by Gasteiger charge is -2.24. The first kappa shape index (κ1) is 19.6. The van der Waals surface area contributed by atoms with Gasteiger partial charge in [0.2, 0.25) is 11.8 Å². The zero-order valence-electron chi connectivity index (χ0n) is 14.0. The number of nitrogens with one attached hydrogen (secondary N) is 2. The Hall–Kier alpha value is -2.19. The van der Waals surface area contributed by atoms with Gasteiger partial charge in [-0.05, 0) is 42.8 Å². The Balaban J connectivity index is 1.71. The molecule has 0 spiro atoms. The fourth-order valence-electron chi connectivity index (χ4n) is 2.57. The Labute approximate surface area is 162 Å². The maximum Gasteiger partial charge on any atom is 0.416 e. The second kappa shape index (κ2) is 7.44. The second-order valence-corrected chi connectivity index (χ2v) is 7.62. The standard InChI is InChI=1S/C18H14ClF3N2O2S/c1-9-11(19)3-2-4-12(9)23-16(25)8-15-17(26)24-13-7-10(18(20,21)22)5-6-14(13)27-15/h2-7,15H,8H2,1H3,(H,23,25)(H,24,26). The number of halogens is 4. The van der Waals surface area contributed by atoms with E-state index in [1.807, 2.05) is 0 Å². The van der Waals surface area contributed by atoms with Crippen molar-refractivity contribution in [3.8, 4) is 0 Å². The van der Waals surface area contributed by atoms with E-state index >= 15 is 0 Å². The zero-order chi connectivity index (χ0) is 19.8. The van der Waals surface area contributed by atoms with Crippen molar-refractivity contribution in [2.45, 2.75) is 29.7 Å². The highest BCUT2D eigenvalue weighted by Crippen LogP contribution is 2.40. The minimum Gasteiger partial charge on any atom is -0.326 e. The van der Waals surface area contributed by atoms with Gasteiger partial charge in [-0.15, -0.1) is 11.8 Å².